The predicted molar refractivity (Wildman–Crippen MR) is 58.7 cm³/mol. The van der Waals surface area contributed by atoms with Crippen molar-refractivity contribution in [2.45, 2.75) is 0 Å². The average Bonchev–Trinajstić information content (AvgIpc) is 2.05. The fourth-order valence-electron chi connectivity index (χ4n) is 0.698. The first-order valence-electron chi connectivity index (χ1n) is 3.85. The number of hydrogen-bond donors (Lipinski definition) is 0. The van der Waals surface area contributed by atoms with Crippen LogP contribution in [0.3, 0.4) is 0 Å². The second-order valence-corrected chi connectivity index (χ2v) is 3.07. The Hall–Kier alpha value is -1.13. The molecule has 0 atom stereocenters. The highest BCUT2D eigenvalue weighted by Gasteiger charge is 1.66. The van der Waals surface area contributed by atoms with Crippen molar-refractivity contribution in [3.05, 3.63) is 60.5 Å². The minimum atomic E-state index is 1.22. The molecule has 0 nitrogen and oxygen atoms in total. The Kier molecular flexibility index (Phi) is 4.91. The Balaban J connectivity index is 2.67. The standard InChI is InChI=1S/C11H11P/c1-2-4-6-8-10-12-11-9-7-5-3-1/h1-11H/b2-1-,3-1?,4-2?,5-3-,6-4-,7-5?,8-6?,9-7-,10-8-,11-9?. The normalized spacial score (nSPS) is 32.0. The van der Waals surface area contributed by atoms with Crippen molar-refractivity contribution >= 4 is 14.0 Å². The van der Waals surface area contributed by atoms with Gasteiger partial charge in [-0.1, -0.05) is 62.9 Å². The fraction of sp³-hybridized carbons (Fsp3) is 0. The van der Waals surface area contributed by atoms with Gasteiger partial charge in [-0.05, 0) is 11.6 Å². The molecule has 60 valence electrons. The van der Waals surface area contributed by atoms with E-state index in [9.17, 15) is 0 Å². The zero-order valence-corrected chi connectivity index (χ0v) is 7.69. The first kappa shape index (κ1) is 8.96. The van der Waals surface area contributed by atoms with Crippen LogP contribution in [0.25, 0.3) is 0 Å². The van der Waals surface area contributed by atoms with E-state index in [2.05, 4.69) is 11.6 Å². The van der Waals surface area contributed by atoms with Crippen LogP contribution >= 0.6 is 8.20 Å². The highest BCUT2D eigenvalue weighted by molar-refractivity contribution is 7.42. The van der Waals surface area contributed by atoms with Gasteiger partial charge in [0.2, 0.25) is 0 Å². The van der Waals surface area contributed by atoms with Crippen LogP contribution in [-0.4, -0.2) is 5.80 Å². The smallest absolute Gasteiger partial charge is 0.0347 e. The highest BCUT2D eigenvalue weighted by atomic mass is 31.1. The van der Waals surface area contributed by atoms with Crippen LogP contribution in [0.15, 0.2) is 60.5 Å². The topological polar surface area (TPSA) is 0 Å². The average molecular weight is 174 g/mol. The maximum atomic E-state index is 2.10. The lowest BCUT2D eigenvalue weighted by atomic mass is 10.4. The van der Waals surface area contributed by atoms with Gasteiger partial charge in [0, 0.05) is 0 Å². The second-order valence-electron chi connectivity index (χ2n) is 2.18. The van der Waals surface area contributed by atoms with Gasteiger partial charge in [0.15, 0.2) is 0 Å². The molecule has 0 aromatic carbocycles. The molecule has 0 aromatic heterocycles. The molecule has 0 saturated carbocycles. The number of hydrogen-bond acceptors (Lipinski definition) is 0. The highest BCUT2D eigenvalue weighted by Crippen LogP contribution is 1.97. The van der Waals surface area contributed by atoms with Gasteiger partial charge >= 0.3 is 0 Å². The molecule has 1 aliphatic heterocycles. The Labute approximate surface area is 75.1 Å². The van der Waals surface area contributed by atoms with Gasteiger partial charge in [-0.25, -0.2) is 0 Å². The maximum Gasteiger partial charge on any atom is -0.0347 e. The lowest BCUT2D eigenvalue weighted by Gasteiger charge is -1.76. The van der Waals surface area contributed by atoms with E-state index in [-0.39, 0.29) is 0 Å². The van der Waals surface area contributed by atoms with Crippen molar-refractivity contribution in [1.82, 2.24) is 0 Å². The van der Waals surface area contributed by atoms with E-state index in [1.807, 2.05) is 54.7 Å². The molecule has 0 unspecified atom stereocenters. The summed E-state index contributed by atoms with van der Waals surface area (Å²) in [5.74, 6) is 4.19. The van der Waals surface area contributed by atoms with E-state index in [1.54, 1.807) is 0 Å². The van der Waals surface area contributed by atoms with E-state index in [1.165, 1.54) is 8.20 Å². The van der Waals surface area contributed by atoms with E-state index in [0.29, 0.717) is 0 Å². The summed E-state index contributed by atoms with van der Waals surface area (Å²) < 4.78 is 0. The third kappa shape index (κ3) is 4.65. The van der Waals surface area contributed by atoms with Gasteiger partial charge in [0.1, 0.15) is 0 Å². The molecule has 0 bridgehead atoms. The van der Waals surface area contributed by atoms with Crippen molar-refractivity contribution in [1.29, 1.82) is 0 Å². The van der Waals surface area contributed by atoms with E-state index < -0.39 is 0 Å². The summed E-state index contributed by atoms with van der Waals surface area (Å²) in [6, 6.07) is 0. The molecular weight excluding hydrogens is 163 g/mol. The zero-order valence-electron chi connectivity index (χ0n) is 6.80. The molecule has 1 aliphatic rings. The molecule has 1 heteroatoms. The summed E-state index contributed by atoms with van der Waals surface area (Å²) >= 11 is 0. The largest absolute Gasteiger partial charge is 0.0765 e. The maximum absolute atomic E-state index is 2.10. The first-order chi connectivity index (χ1) is 6.00. The predicted octanol–water partition coefficient (Wildman–Crippen LogP) is 3.49. The van der Waals surface area contributed by atoms with E-state index >= 15 is 0 Å². The summed E-state index contributed by atoms with van der Waals surface area (Å²) in [4.78, 5) is 0. The lowest BCUT2D eigenvalue weighted by Crippen LogP contribution is -1.56. The van der Waals surface area contributed by atoms with Gasteiger partial charge in [-0.3, -0.25) is 0 Å². The Morgan fingerprint density at radius 3 is 1.67 bits per heavy atom. The molecule has 0 amide bonds. The van der Waals surface area contributed by atoms with Gasteiger partial charge in [-0.15, -0.1) is 0 Å². The summed E-state index contributed by atoms with van der Waals surface area (Å²) in [5.41, 5.74) is 0. The molecule has 1 heterocycles. The summed E-state index contributed by atoms with van der Waals surface area (Å²) in [6.07, 6.45) is 18.2. The molecular formula is C11H11P. The first-order valence-corrected chi connectivity index (χ1v) is 4.88. The Morgan fingerprint density at radius 1 is 0.500 bits per heavy atom. The molecule has 0 fully saturated rings. The van der Waals surface area contributed by atoms with Crippen LogP contribution in [0.1, 0.15) is 0 Å². The van der Waals surface area contributed by atoms with Crippen LogP contribution in [0, 0.1) is 0 Å². The lowest BCUT2D eigenvalue weighted by molar-refractivity contribution is 1.87. The van der Waals surface area contributed by atoms with Crippen LogP contribution in [-0.2, 0) is 0 Å². The minimum absolute atomic E-state index is 1.22. The molecule has 0 saturated heterocycles. The molecule has 0 aliphatic carbocycles. The van der Waals surface area contributed by atoms with Crippen molar-refractivity contribution in [3.63, 3.8) is 0 Å². The summed E-state index contributed by atoms with van der Waals surface area (Å²) in [6.45, 7) is 0. The van der Waals surface area contributed by atoms with Crippen molar-refractivity contribution < 1.29 is 0 Å². The molecule has 0 N–H and O–H groups in total. The monoisotopic (exact) mass is 174 g/mol. The van der Waals surface area contributed by atoms with E-state index in [4.69, 9.17) is 0 Å². The van der Waals surface area contributed by atoms with Crippen LogP contribution in [0.2, 0.25) is 0 Å². The SMILES string of the molecule is C1=C\C=C/C=C\P=C/C=C\C=C/1. The van der Waals surface area contributed by atoms with E-state index in [0.717, 1.165) is 0 Å². The van der Waals surface area contributed by atoms with Crippen molar-refractivity contribution in [2.24, 2.45) is 0 Å². The van der Waals surface area contributed by atoms with Gasteiger partial charge < -0.3 is 0 Å². The Morgan fingerprint density at radius 2 is 1.00 bits per heavy atom. The summed E-state index contributed by atoms with van der Waals surface area (Å²) in [5, 5.41) is 0. The van der Waals surface area contributed by atoms with Crippen LogP contribution in [0.5, 0.6) is 0 Å². The number of allylic oxidation sites excluding steroid dienone is 9. The third-order valence-electron chi connectivity index (χ3n) is 1.23. The molecule has 0 spiro atoms. The molecule has 1 rings (SSSR count). The molecule has 0 aromatic rings. The van der Waals surface area contributed by atoms with Gasteiger partial charge in [-0.2, -0.15) is 0 Å². The van der Waals surface area contributed by atoms with Gasteiger partial charge in [0.05, 0.1) is 0 Å². The third-order valence-corrected chi connectivity index (χ3v) is 1.92. The molecule has 12 heavy (non-hydrogen) atoms. The zero-order chi connectivity index (χ0) is 8.49. The summed E-state index contributed by atoms with van der Waals surface area (Å²) in [7, 11) is 1.22. The minimum Gasteiger partial charge on any atom is -0.0765 e. The number of rotatable bonds is 0. The fourth-order valence-corrected chi connectivity index (χ4v) is 1.19. The van der Waals surface area contributed by atoms with Gasteiger partial charge in [0.25, 0.3) is 0 Å². The quantitative estimate of drug-likeness (QED) is 0.493. The Bertz CT molecular complexity index is 174. The van der Waals surface area contributed by atoms with Crippen molar-refractivity contribution in [2.75, 3.05) is 0 Å². The van der Waals surface area contributed by atoms with Crippen LogP contribution in [0.4, 0.5) is 0 Å². The molecule has 0 radical (unpaired) electrons. The second kappa shape index (κ2) is 6.57. The van der Waals surface area contributed by atoms with Crippen LogP contribution < -0.4 is 0 Å². The van der Waals surface area contributed by atoms with Crippen molar-refractivity contribution in [3.8, 4) is 0 Å².